The maximum atomic E-state index is 11.9. The number of hydrogen-bond donors (Lipinski definition) is 2. The number of nitrogens with one attached hydrogen (secondary N) is 1. The van der Waals surface area contributed by atoms with E-state index in [1.807, 2.05) is 0 Å². The van der Waals surface area contributed by atoms with Crippen molar-refractivity contribution >= 4 is 37.6 Å². The second-order valence-corrected chi connectivity index (χ2v) is 7.14. The van der Waals surface area contributed by atoms with Gasteiger partial charge in [-0.05, 0) is 28.1 Å². The third kappa shape index (κ3) is 5.66. The van der Waals surface area contributed by atoms with E-state index in [-0.39, 0.29) is 5.75 Å². The van der Waals surface area contributed by atoms with E-state index in [2.05, 4.69) is 26.2 Å². The van der Waals surface area contributed by atoms with E-state index < -0.39 is 33.5 Å². The zero-order chi connectivity index (χ0) is 15.3. The molecule has 0 unspecified atom stereocenters. The molecule has 7 nitrogen and oxygen atoms in total. The molecular weight excluding hydrogens is 352 g/mol. The number of carbonyl (C=O) groups excluding carboxylic acids is 1. The van der Waals surface area contributed by atoms with Crippen molar-refractivity contribution in [2.75, 3.05) is 5.75 Å². The number of rotatable bonds is 6. The summed E-state index contributed by atoms with van der Waals surface area (Å²) in [6.45, 7) is 1.12. The number of pyridine rings is 1. The monoisotopic (exact) mass is 364 g/mol. The number of sulfone groups is 1. The smallest absolute Gasteiger partial charge is 0.327 e. The number of amides is 1. The number of carboxylic acid groups (broad SMARTS) is 1. The molecule has 0 aliphatic heterocycles. The molecule has 0 bridgehead atoms. The summed E-state index contributed by atoms with van der Waals surface area (Å²) in [5.74, 6) is -3.06. The van der Waals surface area contributed by atoms with Crippen LogP contribution in [0.25, 0.3) is 0 Å². The number of halogens is 1. The topological polar surface area (TPSA) is 113 Å². The summed E-state index contributed by atoms with van der Waals surface area (Å²) in [6, 6.07) is 1.70. The molecule has 0 aromatic carbocycles. The Morgan fingerprint density at radius 2 is 2.10 bits per heavy atom. The van der Waals surface area contributed by atoms with Gasteiger partial charge in [-0.3, -0.25) is 9.78 Å². The maximum Gasteiger partial charge on any atom is 0.327 e. The Hall–Kier alpha value is -1.48. The van der Waals surface area contributed by atoms with E-state index in [0.717, 1.165) is 6.92 Å². The average Bonchev–Trinajstić information content (AvgIpc) is 2.30. The predicted molar refractivity (Wildman–Crippen MR) is 74.7 cm³/mol. The molecule has 0 saturated carbocycles. The molecule has 1 amide bonds. The maximum absolute atomic E-state index is 11.9. The first-order chi connectivity index (χ1) is 9.19. The van der Waals surface area contributed by atoms with Gasteiger partial charge in [0.2, 0.25) is 5.91 Å². The van der Waals surface area contributed by atoms with Gasteiger partial charge in [0.15, 0.2) is 9.84 Å². The molecule has 0 aliphatic carbocycles. The largest absolute Gasteiger partial charge is 0.480 e. The molecular formula is C11H13BrN2O5S. The third-order valence-electron chi connectivity index (χ3n) is 2.25. The molecule has 1 aromatic rings. The molecule has 0 radical (unpaired) electrons. The first-order valence-corrected chi connectivity index (χ1v) is 8.12. The fourth-order valence-corrected chi connectivity index (χ4v) is 3.16. The molecule has 0 saturated heterocycles. The SMILES string of the molecule is CC(=O)N[C@@H](CS(=O)(=O)Cc1ccc(Br)cn1)C(=O)O. The summed E-state index contributed by atoms with van der Waals surface area (Å²) >= 11 is 3.17. The molecule has 1 aromatic heterocycles. The van der Waals surface area contributed by atoms with Crippen LogP contribution in [0.15, 0.2) is 22.8 Å². The van der Waals surface area contributed by atoms with Crippen LogP contribution >= 0.6 is 15.9 Å². The first kappa shape index (κ1) is 16.6. The van der Waals surface area contributed by atoms with Crippen molar-refractivity contribution in [3.63, 3.8) is 0 Å². The lowest BCUT2D eigenvalue weighted by atomic mass is 10.3. The number of nitrogens with zero attached hydrogens (tertiary/aromatic N) is 1. The van der Waals surface area contributed by atoms with Gasteiger partial charge in [0.1, 0.15) is 6.04 Å². The summed E-state index contributed by atoms with van der Waals surface area (Å²) in [7, 11) is -3.71. The van der Waals surface area contributed by atoms with Crippen molar-refractivity contribution in [1.29, 1.82) is 0 Å². The highest BCUT2D eigenvalue weighted by Gasteiger charge is 2.26. The molecule has 20 heavy (non-hydrogen) atoms. The molecule has 0 spiro atoms. The lowest BCUT2D eigenvalue weighted by Crippen LogP contribution is -2.44. The minimum Gasteiger partial charge on any atom is -0.480 e. The highest BCUT2D eigenvalue weighted by molar-refractivity contribution is 9.10. The van der Waals surface area contributed by atoms with Gasteiger partial charge in [-0.15, -0.1) is 0 Å². The van der Waals surface area contributed by atoms with Crippen LogP contribution in [0.5, 0.6) is 0 Å². The van der Waals surface area contributed by atoms with Crippen molar-refractivity contribution in [2.45, 2.75) is 18.7 Å². The fraction of sp³-hybridized carbons (Fsp3) is 0.364. The molecule has 0 aliphatic rings. The Kier molecular flexibility index (Phi) is 5.63. The van der Waals surface area contributed by atoms with Gasteiger partial charge in [-0.2, -0.15) is 0 Å². The zero-order valence-corrected chi connectivity index (χ0v) is 12.9. The zero-order valence-electron chi connectivity index (χ0n) is 10.5. The molecule has 0 fully saturated rings. The van der Waals surface area contributed by atoms with Crippen molar-refractivity contribution in [2.24, 2.45) is 0 Å². The van der Waals surface area contributed by atoms with Crippen LogP contribution in [-0.4, -0.2) is 42.2 Å². The molecule has 2 N–H and O–H groups in total. The number of carboxylic acids is 1. The number of hydrogen-bond acceptors (Lipinski definition) is 5. The second kappa shape index (κ2) is 6.80. The van der Waals surface area contributed by atoms with Gasteiger partial charge in [0, 0.05) is 17.6 Å². The Labute approximate surface area is 124 Å². The van der Waals surface area contributed by atoms with Crippen LogP contribution in [-0.2, 0) is 25.2 Å². The summed E-state index contributed by atoms with van der Waals surface area (Å²) in [5, 5.41) is 11.0. The van der Waals surface area contributed by atoms with E-state index in [4.69, 9.17) is 5.11 Å². The summed E-state index contributed by atoms with van der Waals surface area (Å²) < 4.78 is 24.5. The lowest BCUT2D eigenvalue weighted by Gasteiger charge is -2.13. The molecule has 1 rings (SSSR count). The van der Waals surface area contributed by atoms with Crippen molar-refractivity contribution < 1.29 is 23.1 Å². The molecule has 1 atom stereocenters. The number of carbonyl (C=O) groups is 2. The van der Waals surface area contributed by atoms with E-state index in [9.17, 15) is 18.0 Å². The van der Waals surface area contributed by atoms with E-state index in [0.29, 0.717) is 10.2 Å². The summed E-state index contributed by atoms with van der Waals surface area (Å²) in [4.78, 5) is 25.7. The number of aromatic nitrogens is 1. The van der Waals surface area contributed by atoms with Crippen LogP contribution in [0.3, 0.4) is 0 Å². The van der Waals surface area contributed by atoms with Crippen molar-refractivity contribution in [3.05, 3.63) is 28.5 Å². The fourth-order valence-electron chi connectivity index (χ4n) is 1.45. The molecule has 1 heterocycles. The quantitative estimate of drug-likeness (QED) is 0.752. The molecule has 9 heteroatoms. The van der Waals surface area contributed by atoms with Crippen LogP contribution in [0.1, 0.15) is 12.6 Å². The third-order valence-corrected chi connectivity index (χ3v) is 4.30. The van der Waals surface area contributed by atoms with Gasteiger partial charge in [-0.25, -0.2) is 13.2 Å². The van der Waals surface area contributed by atoms with Crippen LogP contribution in [0.2, 0.25) is 0 Å². The molecule has 110 valence electrons. The lowest BCUT2D eigenvalue weighted by molar-refractivity contribution is -0.140. The Morgan fingerprint density at radius 3 is 2.55 bits per heavy atom. The van der Waals surface area contributed by atoms with Crippen LogP contribution < -0.4 is 5.32 Å². The Balaban J connectivity index is 2.79. The highest BCUT2D eigenvalue weighted by Crippen LogP contribution is 2.10. The minimum atomic E-state index is -3.71. The van der Waals surface area contributed by atoms with Gasteiger partial charge in [0.05, 0.1) is 17.2 Å². The van der Waals surface area contributed by atoms with E-state index in [1.54, 1.807) is 6.07 Å². The van der Waals surface area contributed by atoms with Gasteiger partial charge < -0.3 is 10.4 Å². The Bertz CT molecular complexity index is 600. The van der Waals surface area contributed by atoms with E-state index >= 15 is 0 Å². The predicted octanol–water partition coefficient (Wildman–Crippen LogP) is 0.348. The van der Waals surface area contributed by atoms with Crippen LogP contribution in [0, 0.1) is 0 Å². The van der Waals surface area contributed by atoms with E-state index in [1.165, 1.54) is 12.3 Å². The first-order valence-electron chi connectivity index (χ1n) is 5.50. The highest BCUT2D eigenvalue weighted by atomic mass is 79.9. The van der Waals surface area contributed by atoms with Crippen molar-refractivity contribution in [1.82, 2.24) is 10.3 Å². The Morgan fingerprint density at radius 1 is 1.45 bits per heavy atom. The second-order valence-electron chi connectivity index (χ2n) is 4.11. The minimum absolute atomic E-state index is 0.306. The van der Waals surface area contributed by atoms with Gasteiger partial charge >= 0.3 is 5.97 Å². The standard InChI is InChI=1S/C11H13BrN2O5S/c1-7(15)14-10(11(16)17)6-20(18,19)5-9-3-2-8(12)4-13-9/h2-4,10H,5-6H2,1H3,(H,14,15)(H,16,17)/t10-/m0/s1. The summed E-state index contributed by atoms with van der Waals surface area (Å²) in [5.41, 5.74) is 0.306. The van der Waals surface area contributed by atoms with Crippen molar-refractivity contribution in [3.8, 4) is 0 Å². The number of aliphatic carboxylic acids is 1. The van der Waals surface area contributed by atoms with Gasteiger partial charge in [0.25, 0.3) is 0 Å². The van der Waals surface area contributed by atoms with Crippen LogP contribution in [0.4, 0.5) is 0 Å². The summed E-state index contributed by atoms with van der Waals surface area (Å²) in [6.07, 6.45) is 1.45. The average molecular weight is 365 g/mol. The normalized spacial score (nSPS) is 12.7. The van der Waals surface area contributed by atoms with Gasteiger partial charge in [-0.1, -0.05) is 0 Å².